The summed E-state index contributed by atoms with van der Waals surface area (Å²) in [6.07, 6.45) is 5.28. The fraction of sp³-hybridized carbons (Fsp3) is 0.474. The lowest BCUT2D eigenvalue weighted by molar-refractivity contribution is -0.133. The molecule has 0 saturated carbocycles. The highest BCUT2D eigenvalue weighted by molar-refractivity contribution is 5.79. The number of hydrogen-bond acceptors (Lipinski definition) is 4. The second kappa shape index (κ2) is 6.40. The summed E-state index contributed by atoms with van der Waals surface area (Å²) in [5.74, 6) is 0.766. The fourth-order valence-electron chi connectivity index (χ4n) is 4.00. The van der Waals surface area contributed by atoms with Gasteiger partial charge in [-0.2, -0.15) is 0 Å². The number of likely N-dealkylation sites (tertiary alicyclic amines) is 1. The van der Waals surface area contributed by atoms with Gasteiger partial charge < -0.3 is 14.2 Å². The average Bonchev–Trinajstić information content (AvgIpc) is 3.16. The van der Waals surface area contributed by atoms with Crippen LogP contribution in [0.3, 0.4) is 0 Å². The first kappa shape index (κ1) is 15.4. The van der Waals surface area contributed by atoms with Crippen LogP contribution in [0, 0.1) is 0 Å². The second-order valence-electron chi connectivity index (χ2n) is 6.92. The first-order valence-electron chi connectivity index (χ1n) is 8.70. The topological polar surface area (TPSA) is 49.6 Å². The van der Waals surface area contributed by atoms with Crippen LogP contribution in [0.2, 0.25) is 0 Å². The maximum Gasteiger partial charge on any atom is 0.229 e. The van der Waals surface area contributed by atoms with Crippen LogP contribution in [0.5, 0.6) is 0 Å². The van der Waals surface area contributed by atoms with Crippen LogP contribution in [-0.4, -0.2) is 52.9 Å². The molecule has 0 N–H and O–H groups in total. The van der Waals surface area contributed by atoms with Crippen molar-refractivity contribution in [1.29, 1.82) is 0 Å². The van der Waals surface area contributed by atoms with Gasteiger partial charge in [0.1, 0.15) is 6.26 Å². The Morgan fingerprint density at radius 3 is 2.83 bits per heavy atom. The van der Waals surface area contributed by atoms with Gasteiger partial charge in [-0.25, -0.2) is 4.98 Å². The molecule has 5 nitrogen and oxygen atoms in total. The molecule has 1 amide bonds. The SMILES string of the molecule is CN1CCC2CC[C@H](C1)N2C(=O)Cc1coc(-c2ccccc2)n1. The monoisotopic (exact) mass is 325 g/mol. The Balaban J connectivity index is 1.48. The van der Waals surface area contributed by atoms with Crippen molar-refractivity contribution in [3.8, 4) is 11.5 Å². The van der Waals surface area contributed by atoms with Crippen LogP contribution >= 0.6 is 0 Å². The number of carbonyl (C=O) groups excluding carboxylic acids is 1. The van der Waals surface area contributed by atoms with E-state index in [9.17, 15) is 4.79 Å². The molecule has 126 valence electrons. The van der Waals surface area contributed by atoms with Gasteiger partial charge in [-0.05, 0) is 45.0 Å². The molecule has 24 heavy (non-hydrogen) atoms. The van der Waals surface area contributed by atoms with Crippen molar-refractivity contribution in [2.24, 2.45) is 0 Å². The molecule has 3 heterocycles. The highest BCUT2D eigenvalue weighted by Crippen LogP contribution is 2.30. The molecule has 5 heteroatoms. The van der Waals surface area contributed by atoms with Crippen molar-refractivity contribution < 1.29 is 9.21 Å². The van der Waals surface area contributed by atoms with Gasteiger partial charge in [0.05, 0.1) is 12.1 Å². The summed E-state index contributed by atoms with van der Waals surface area (Å²) in [6.45, 7) is 2.06. The summed E-state index contributed by atoms with van der Waals surface area (Å²) in [6, 6.07) is 10.5. The number of fused-ring (bicyclic) bond motifs is 2. The summed E-state index contributed by atoms with van der Waals surface area (Å²) < 4.78 is 5.56. The number of hydrogen-bond donors (Lipinski definition) is 0. The third kappa shape index (κ3) is 2.96. The first-order valence-corrected chi connectivity index (χ1v) is 8.70. The standard InChI is InChI=1S/C19H23N3O2/c1-21-10-9-16-7-8-17(12-21)22(16)18(23)11-15-13-24-19(20-15)14-5-3-2-4-6-14/h2-6,13,16-17H,7-12H2,1H3/t16?,17-/m1/s1. The number of aromatic nitrogens is 1. The van der Waals surface area contributed by atoms with E-state index in [0.29, 0.717) is 24.4 Å². The molecule has 2 bridgehead atoms. The molecule has 2 fully saturated rings. The minimum atomic E-state index is 0.186. The number of nitrogens with zero attached hydrogens (tertiary/aromatic N) is 3. The molecule has 1 aromatic carbocycles. The second-order valence-corrected chi connectivity index (χ2v) is 6.92. The van der Waals surface area contributed by atoms with Crippen molar-refractivity contribution in [3.63, 3.8) is 0 Å². The van der Waals surface area contributed by atoms with E-state index in [-0.39, 0.29) is 5.91 Å². The molecular weight excluding hydrogens is 302 g/mol. The molecule has 2 atom stereocenters. The van der Waals surface area contributed by atoms with E-state index in [1.165, 1.54) is 0 Å². The summed E-state index contributed by atoms with van der Waals surface area (Å²) >= 11 is 0. The number of benzene rings is 1. The molecular formula is C19H23N3O2. The first-order chi connectivity index (χ1) is 11.7. The van der Waals surface area contributed by atoms with Crippen LogP contribution in [0.4, 0.5) is 0 Å². The minimum absolute atomic E-state index is 0.186. The van der Waals surface area contributed by atoms with Crippen molar-refractivity contribution in [1.82, 2.24) is 14.8 Å². The highest BCUT2D eigenvalue weighted by atomic mass is 16.3. The van der Waals surface area contributed by atoms with Gasteiger partial charge in [-0.3, -0.25) is 4.79 Å². The maximum absolute atomic E-state index is 12.9. The molecule has 0 spiro atoms. The van der Waals surface area contributed by atoms with Crippen LogP contribution in [0.15, 0.2) is 41.0 Å². The van der Waals surface area contributed by atoms with Crippen LogP contribution < -0.4 is 0 Å². The summed E-state index contributed by atoms with van der Waals surface area (Å²) in [5, 5.41) is 0. The average molecular weight is 325 g/mol. The lowest BCUT2D eigenvalue weighted by atomic mass is 10.1. The van der Waals surface area contributed by atoms with Crippen LogP contribution in [0.25, 0.3) is 11.5 Å². The lowest BCUT2D eigenvalue weighted by Gasteiger charge is -2.28. The molecule has 2 aromatic rings. The molecule has 0 aliphatic carbocycles. The number of carbonyl (C=O) groups is 1. The van der Waals surface area contributed by atoms with Gasteiger partial charge in [-0.15, -0.1) is 0 Å². The molecule has 4 rings (SSSR count). The van der Waals surface area contributed by atoms with Gasteiger partial charge >= 0.3 is 0 Å². The molecule has 2 saturated heterocycles. The minimum Gasteiger partial charge on any atom is -0.444 e. The quantitative estimate of drug-likeness (QED) is 0.870. The van der Waals surface area contributed by atoms with Crippen molar-refractivity contribution >= 4 is 5.91 Å². The van der Waals surface area contributed by atoms with Gasteiger partial charge in [0.25, 0.3) is 0 Å². The van der Waals surface area contributed by atoms with Crippen LogP contribution in [0.1, 0.15) is 25.0 Å². The van der Waals surface area contributed by atoms with E-state index in [0.717, 1.165) is 43.6 Å². The van der Waals surface area contributed by atoms with Gasteiger partial charge in [0.2, 0.25) is 11.8 Å². The maximum atomic E-state index is 12.9. The van der Waals surface area contributed by atoms with E-state index in [1.54, 1.807) is 6.26 Å². The zero-order chi connectivity index (χ0) is 16.5. The van der Waals surface area contributed by atoms with Crippen molar-refractivity contribution in [2.75, 3.05) is 20.1 Å². The molecule has 0 radical (unpaired) electrons. The van der Waals surface area contributed by atoms with Gasteiger partial charge in [0.15, 0.2) is 0 Å². The Bertz CT molecular complexity index is 712. The Morgan fingerprint density at radius 2 is 2.00 bits per heavy atom. The van der Waals surface area contributed by atoms with Crippen molar-refractivity contribution in [2.45, 2.75) is 37.8 Å². The summed E-state index contributed by atoms with van der Waals surface area (Å²) in [7, 11) is 2.15. The Labute approximate surface area is 142 Å². The van der Waals surface area contributed by atoms with E-state index in [4.69, 9.17) is 4.42 Å². The van der Waals surface area contributed by atoms with Gasteiger partial charge in [0, 0.05) is 24.2 Å². The molecule has 1 aromatic heterocycles. The summed E-state index contributed by atoms with van der Waals surface area (Å²) in [4.78, 5) is 21.8. The van der Waals surface area contributed by atoms with E-state index < -0.39 is 0 Å². The zero-order valence-electron chi connectivity index (χ0n) is 14.0. The Hall–Kier alpha value is -2.14. The predicted molar refractivity (Wildman–Crippen MR) is 91.4 cm³/mol. The van der Waals surface area contributed by atoms with Gasteiger partial charge in [-0.1, -0.05) is 18.2 Å². The molecule has 1 unspecified atom stereocenters. The predicted octanol–water partition coefficient (Wildman–Crippen LogP) is 2.58. The van der Waals surface area contributed by atoms with E-state index >= 15 is 0 Å². The largest absolute Gasteiger partial charge is 0.444 e. The highest BCUT2D eigenvalue weighted by Gasteiger charge is 2.39. The summed E-state index contributed by atoms with van der Waals surface area (Å²) in [5.41, 5.74) is 1.66. The van der Waals surface area contributed by atoms with E-state index in [1.807, 2.05) is 30.3 Å². The van der Waals surface area contributed by atoms with E-state index in [2.05, 4.69) is 21.8 Å². The van der Waals surface area contributed by atoms with Crippen LogP contribution in [-0.2, 0) is 11.2 Å². The number of rotatable bonds is 3. The van der Waals surface area contributed by atoms with Crippen molar-refractivity contribution in [3.05, 3.63) is 42.3 Å². The molecule has 2 aliphatic heterocycles. The Kier molecular flexibility index (Phi) is 4.10. The molecule has 2 aliphatic rings. The Morgan fingerprint density at radius 1 is 1.21 bits per heavy atom. The zero-order valence-corrected chi connectivity index (χ0v) is 14.0. The lowest BCUT2D eigenvalue weighted by Crippen LogP contribution is -2.43. The number of oxazole rings is 1. The normalized spacial score (nSPS) is 24.1. The number of amides is 1. The third-order valence-corrected chi connectivity index (χ3v) is 5.18. The third-order valence-electron chi connectivity index (χ3n) is 5.18. The fourth-order valence-corrected chi connectivity index (χ4v) is 4.00. The smallest absolute Gasteiger partial charge is 0.229 e. The number of likely N-dealkylation sites (N-methyl/N-ethyl adjacent to an activating group) is 1.